The third-order valence-electron chi connectivity index (χ3n) is 3.82. The summed E-state index contributed by atoms with van der Waals surface area (Å²) in [5, 5.41) is 5.96. The van der Waals surface area contributed by atoms with Gasteiger partial charge in [0.1, 0.15) is 5.82 Å². The zero-order valence-electron chi connectivity index (χ0n) is 14.5. The van der Waals surface area contributed by atoms with Crippen molar-refractivity contribution in [3.63, 3.8) is 0 Å². The van der Waals surface area contributed by atoms with E-state index in [1.54, 1.807) is 36.4 Å². The van der Waals surface area contributed by atoms with Crippen LogP contribution in [0.1, 0.15) is 19.2 Å². The van der Waals surface area contributed by atoms with Crippen LogP contribution in [0.5, 0.6) is 0 Å². The highest BCUT2D eigenvalue weighted by molar-refractivity contribution is 9.10. The molecule has 3 N–H and O–H groups in total. The molecule has 2 amide bonds. The maximum Gasteiger partial charge on any atom is 0.258 e. The standard InChI is InChI=1S/C19H17BrN4O3/c1-11(25)21-15-7-6-12(20)10-16(15)23-18(26)9-8-17-22-14-5-3-2-4-13(14)19(27)24-17/h2-7,10H,8-9H2,1H3,(H,21,25)(H,23,26)(H,22,24,27). The van der Waals surface area contributed by atoms with E-state index in [1.165, 1.54) is 6.92 Å². The molecule has 0 radical (unpaired) electrons. The van der Waals surface area contributed by atoms with Crippen LogP contribution >= 0.6 is 15.9 Å². The van der Waals surface area contributed by atoms with E-state index in [0.29, 0.717) is 28.1 Å². The Hall–Kier alpha value is -3.00. The van der Waals surface area contributed by atoms with E-state index in [2.05, 4.69) is 36.5 Å². The van der Waals surface area contributed by atoms with Gasteiger partial charge in [-0.15, -0.1) is 0 Å². The number of aromatic nitrogens is 2. The zero-order chi connectivity index (χ0) is 19.4. The number of H-pyrrole nitrogens is 1. The highest BCUT2D eigenvalue weighted by atomic mass is 79.9. The van der Waals surface area contributed by atoms with Gasteiger partial charge >= 0.3 is 0 Å². The minimum Gasteiger partial charge on any atom is -0.325 e. The van der Waals surface area contributed by atoms with E-state index in [4.69, 9.17) is 0 Å². The number of carbonyl (C=O) groups excluding carboxylic acids is 2. The van der Waals surface area contributed by atoms with E-state index < -0.39 is 0 Å². The van der Waals surface area contributed by atoms with Crippen molar-refractivity contribution in [3.8, 4) is 0 Å². The molecule has 8 heteroatoms. The van der Waals surface area contributed by atoms with Crippen LogP contribution in [-0.2, 0) is 16.0 Å². The van der Waals surface area contributed by atoms with Crippen LogP contribution in [0.25, 0.3) is 10.9 Å². The smallest absolute Gasteiger partial charge is 0.258 e. The third-order valence-corrected chi connectivity index (χ3v) is 4.31. The first-order valence-corrected chi connectivity index (χ1v) is 9.06. The molecule has 2 aromatic carbocycles. The van der Waals surface area contributed by atoms with E-state index in [-0.39, 0.29) is 30.2 Å². The van der Waals surface area contributed by atoms with Gasteiger partial charge in [0, 0.05) is 24.2 Å². The number of fused-ring (bicyclic) bond motifs is 1. The summed E-state index contributed by atoms with van der Waals surface area (Å²) in [4.78, 5) is 42.8. The van der Waals surface area contributed by atoms with Crippen molar-refractivity contribution in [1.29, 1.82) is 0 Å². The lowest BCUT2D eigenvalue weighted by atomic mass is 10.2. The molecule has 3 rings (SSSR count). The maximum absolute atomic E-state index is 12.3. The van der Waals surface area contributed by atoms with Gasteiger partial charge < -0.3 is 15.6 Å². The Labute approximate surface area is 163 Å². The number of halogens is 1. The number of hydrogen-bond donors (Lipinski definition) is 3. The average molecular weight is 429 g/mol. The monoisotopic (exact) mass is 428 g/mol. The van der Waals surface area contributed by atoms with E-state index in [0.717, 1.165) is 4.47 Å². The van der Waals surface area contributed by atoms with Crippen LogP contribution in [0.15, 0.2) is 51.7 Å². The molecule has 27 heavy (non-hydrogen) atoms. The van der Waals surface area contributed by atoms with Gasteiger partial charge in [-0.1, -0.05) is 28.1 Å². The fourth-order valence-corrected chi connectivity index (χ4v) is 2.98. The van der Waals surface area contributed by atoms with Gasteiger partial charge in [-0.25, -0.2) is 4.98 Å². The summed E-state index contributed by atoms with van der Waals surface area (Å²) >= 11 is 3.35. The summed E-state index contributed by atoms with van der Waals surface area (Å²) in [7, 11) is 0. The molecule has 0 aliphatic carbocycles. The molecule has 0 spiro atoms. The predicted molar refractivity (Wildman–Crippen MR) is 108 cm³/mol. The van der Waals surface area contributed by atoms with Crippen molar-refractivity contribution >= 4 is 50.0 Å². The van der Waals surface area contributed by atoms with Crippen LogP contribution in [0, 0.1) is 0 Å². The van der Waals surface area contributed by atoms with Gasteiger partial charge in [0.25, 0.3) is 5.56 Å². The third kappa shape index (κ3) is 4.79. The van der Waals surface area contributed by atoms with E-state index in [9.17, 15) is 14.4 Å². The van der Waals surface area contributed by atoms with Crippen molar-refractivity contribution in [3.05, 3.63) is 63.1 Å². The summed E-state index contributed by atoms with van der Waals surface area (Å²) in [6, 6.07) is 12.2. The number of aryl methyl sites for hydroxylation is 1. The van der Waals surface area contributed by atoms with Crippen LogP contribution in [0.2, 0.25) is 0 Å². The molecule has 7 nitrogen and oxygen atoms in total. The minimum absolute atomic E-state index is 0.132. The van der Waals surface area contributed by atoms with Crippen LogP contribution in [0.4, 0.5) is 11.4 Å². The lowest BCUT2D eigenvalue weighted by Crippen LogP contribution is -2.17. The number of para-hydroxylation sites is 1. The highest BCUT2D eigenvalue weighted by Crippen LogP contribution is 2.26. The number of anilines is 2. The van der Waals surface area contributed by atoms with E-state index >= 15 is 0 Å². The normalized spacial score (nSPS) is 10.6. The van der Waals surface area contributed by atoms with Crippen LogP contribution in [-0.4, -0.2) is 21.8 Å². The van der Waals surface area contributed by atoms with Gasteiger partial charge in [0.15, 0.2) is 0 Å². The van der Waals surface area contributed by atoms with E-state index in [1.807, 2.05) is 6.07 Å². The van der Waals surface area contributed by atoms with Gasteiger partial charge in [-0.2, -0.15) is 0 Å². The lowest BCUT2D eigenvalue weighted by molar-refractivity contribution is -0.116. The Morgan fingerprint density at radius 3 is 2.67 bits per heavy atom. The molecule has 0 aliphatic heterocycles. The lowest BCUT2D eigenvalue weighted by Gasteiger charge is -2.12. The summed E-state index contributed by atoms with van der Waals surface area (Å²) in [6.45, 7) is 1.40. The number of hydrogen-bond acceptors (Lipinski definition) is 4. The minimum atomic E-state index is -0.254. The Morgan fingerprint density at radius 2 is 1.89 bits per heavy atom. The number of amides is 2. The number of aromatic amines is 1. The predicted octanol–water partition coefficient (Wildman–Crippen LogP) is 3.22. The molecule has 0 atom stereocenters. The molecule has 0 unspecified atom stereocenters. The molecule has 0 saturated heterocycles. The molecule has 138 valence electrons. The Kier molecular flexibility index (Phi) is 5.66. The first-order chi connectivity index (χ1) is 12.9. The highest BCUT2D eigenvalue weighted by Gasteiger charge is 2.11. The molecule has 0 fully saturated rings. The fourth-order valence-electron chi connectivity index (χ4n) is 2.62. The molecule has 1 heterocycles. The van der Waals surface area contributed by atoms with Crippen molar-refractivity contribution in [2.45, 2.75) is 19.8 Å². The summed E-state index contributed by atoms with van der Waals surface area (Å²) in [5.74, 6) is -0.0357. The van der Waals surface area contributed by atoms with Gasteiger partial charge in [0.05, 0.1) is 22.3 Å². The first kappa shape index (κ1) is 18.8. The van der Waals surface area contributed by atoms with Gasteiger partial charge in [-0.05, 0) is 30.3 Å². The molecule has 0 aliphatic rings. The van der Waals surface area contributed by atoms with Crippen molar-refractivity contribution < 1.29 is 9.59 Å². The first-order valence-electron chi connectivity index (χ1n) is 8.27. The Morgan fingerprint density at radius 1 is 1.11 bits per heavy atom. The summed E-state index contributed by atoms with van der Waals surface area (Å²) in [5.41, 5.74) is 1.37. The van der Waals surface area contributed by atoms with Gasteiger partial charge in [-0.3, -0.25) is 14.4 Å². The second-order valence-corrected chi connectivity index (χ2v) is 6.86. The number of rotatable bonds is 5. The number of carbonyl (C=O) groups is 2. The summed E-state index contributed by atoms with van der Waals surface area (Å²) in [6.07, 6.45) is 0.419. The summed E-state index contributed by atoms with van der Waals surface area (Å²) < 4.78 is 0.771. The second-order valence-electron chi connectivity index (χ2n) is 5.95. The van der Waals surface area contributed by atoms with Crippen molar-refractivity contribution in [2.75, 3.05) is 10.6 Å². The molecule has 1 aromatic heterocycles. The Balaban J connectivity index is 1.71. The fraction of sp³-hybridized carbons (Fsp3) is 0.158. The zero-order valence-corrected chi connectivity index (χ0v) is 16.1. The number of nitrogens with one attached hydrogen (secondary N) is 3. The quantitative estimate of drug-likeness (QED) is 0.580. The van der Waals surface area contributed by atoms with Crippen molar-refractivity contribution in [1.82, 2.24) is 9.97 Å². The SMILES string of the molecule is CC(=O)Nc1ccc(Br)cc1NC(=O)CCc1nc2ccccc2c(=O)[nH]1. The molecular weight excluding hydrogens is 412 g/mol. The van der Waals surface area contributed by atoms with Gasteiger partial charge in [0.2, 0.25) is 11.8 Å². The topological polar surface area (TPSA) is 104 Å². The van der Waals surface area contributed by atoms with Crippen LogP contribution in [0.3, 0.4) is 0 Å². The molecule has 0 saturated carbocycles. The molecule has 3 aromatic rings. The Bertz CT molecular complexity index is 1080. The largest absolute Gasteiger partial charge is 0.325 e. The number of benzene rings is 2. The second kappa shape index (κ2) is 8.13. The number of nitrogens with zero attached hydrogens (tertiary/aromatic N) is 1. The van der Waals surface area contributed by atoms with Crippen LogP contribution < -0.4 is 16.2 Å². The molecular formula is C19H17BrN4O3. The van der Waals surface area contributed by atoms with Crippen molar-refractivity contribution in [2.24, 2.45) is 0 Å². The maximum atomic E-state index is 12.3. The average Bonchev–Trinajstić information content (AvgIpc) is 2.62. The molecule has 0 bridgehead atoms.